The summed E-state index contributed by atoms with van der Waals surface area (Å²) in [6, 6.07) is 2.71. The van der Waals surface area contributed by atoms with E-state index in [4.69, 9.17) is 10.2 Å². The van der Waals surface area contributed by atoms with Gasteiger partial charge in [-0.1, -0.05) is 0 Å². The molecule has 0 radical (unpaired) electrons. The van der Waals surface area contributed by atoms with Gasteiger partial charge >= 0.3 is 0 Å². The van der Waals surface area contributed by atoms with Gasteiger partial charge in [0, 0.05) is 12.7 Å². The summed E-state index contributed by atoms with van der Waals surface area (Å²) in [5.74, 6) is -1.54. The number of pyridine rings is 1. The molecule has 1 aromatic rings. The molecule has 1 rings (SSSR count). The van der Waals surface area contributed by atoms with Gasteiger partial charge in [0.05, 0.1) is 18.3 Å². The van der Waals surface area contributed by atoms with Crippen molar-refractivity contribution in [1.82, 2.24) is 10.3 Å². The first-order valence-corrected chi connectivity index (χ1v) is 4.32. The number of aliphatic hydroxyl groups is 2. The van der Waals surface area contributed by atoms with Crippen molar-refractivity contribution in [3.8, 4) is 0 Å². The van der Waals surface area contributed by atoms with Crippen molar-refractivity contribution >= 4 is 5.91 Å². The fourth-order valence-corrected chi connectivity index (χ4v) is 0.926. The molecule has 0 saturated heterocycles. The molecule has 1 amide bonds. The summed E-state index contributed by atoms with van der Waals surface area (Å²) in [7, 11) is 0. The van der Waals surface area contributed by atoms with Crippen LogP contribution < -0.4 is 5.32 Å². The van der Waals surface area contributed by atoms with Gasteiger partial charge in [-0.3, -0.25) is 4.79 Å². The topological polar surface area (TPSA) is 82.5 Å². The fraction of sp³-hybridized carbons (Fsp3) is 0.333. The minimum Gasteiger partial charge on any atom is -0.394 e. The molecule has 0 fully saturated rings. The van der Waals surface area contributed by atoms with Crippen LogP contribution in [0.25, 0.3) is 0 Å². The van der Waals surface area contributed by atoms with Gasteiger partial charge in [0.15, 0.2) is 0 Å². The van der Waals surface area contributed by atoms with Crippen LogP contribution in [0.5, 0.6) is 0 Å². The maximum atomic E-state index is 13.0. The molecule has 3 N–H and O–H groups in total. The van der Waals surface area contributed by atoms with E-state index in [-0.39, 0.29) is 12.1 Å². The van der Waals surface area contributed by atoms with E-state index >= 15 is 0 Å². The number of hydrogen-bond donors (Lipinski definition) is 3. The molecule has 0 bridgehead atoms. The van der Waals surface area contributed by atoms with Crippen molar-refractivity contribution < 1.29 is 19.4 Å². The van der Waals surface area contributed by atoms with Crippen LogP contribution in [0.3, 0.4) is 0 Å². The summed E-state index contributed by atoms with van der Waals surface area (Å²) in [5.41, 5.74) is -0.192. The largest absolute Gasteiger partial charge is 0.394 e. The monoisotopic (exact) mass is 214 g/mol. The number of halogens is 1. The molecule has 1 heterocycles. The highest BCUT2D eigenvalue weighted by Gasteiger charge is 2.12. The molecule has 15 heavy (non-hydrogen) atoms. The molecule has 1 atom stereocenters. The van der Waals surface area contributed by atoms with Crippen molar-refractivity contribution in [1.29, 1.82) is 0 Å². The average molecular weight is 214 g/mol. The Morgan fingerprint density at radius 2 is 2.40 bits per heavy atom. The normalized spacial score (nSPS) is 12.2. The van der Waals surface area contributed by atoms with Crippen molar-refractivity contribution in [3.63, 3.8) is 0 Å². The van der Waals surface area contributed by atoms with Crippen LogP contribution >= 0.6 is 0 Å². The van der Waals surface area contributed by atoms with E-state index < -0.39 is 24.6 Å². The van der Waals surface area contributed by atoms with Crippen molar-refractivity contribution in [2.24, 2.45) is 0 Å². The molecule has 0 saturated carbocycles. The summed E-state index contributed by atoms with van der Waals surface area (Å²) in [6.07, 6.45) is 0.183. The van der Waals surface area contributed by atoms with Gasteiger partial charge in [-0.2, -0.15) is 4.39 Å². The van der Waals surface area contributed by atoms with Crippen LogP contribution in [0.15, 0.2) is 18.3 Å². The smallest absolute Gasteiger partial charge is 0.256 e. The van der Waals surface area contributed by atoms with Crippen LogP contribution in [-0.4, -0.2) is 40.4 Å². The molecule has 0 spiro atoms. The summed E-state index contributed by atoms with van der Waals surface area (Å²) in [6.45, 7) is -0.598. The number of rotatable bonds is 4. The first-order valence-electron chi connectivity index (χ1n) is 4.32. The Labute approximate surface area is 85.6 Å². The molecule has 1 aromatic heterocycles. The second-order valence-electron chi connectivity index (χ2n) is 2.89. The van der Waals surface area contributed by atoms with E-state index in [0.29, 0.717) is 0 Å². The van der Waals surface area contributed by atoms with Crippen LogP contribution in [0.4, 0.5) is 4.39 Å². The van der Waals surface area contributed by atoms with Crippen molar-refractivity contribution in [2.45, 2.75) is 6.10 Å². The number of aromatic nitrogens is 1. The lowest BCUT2D eigenvalue weighted by Gasteiger charge is -2.08. The number of nitrogens with zero attached hydrogens (tertiary/aromatic N) is 1. The second-order valence-corrected chi connectivity index (χ2v) is 2.89. The fourth-order valence-electron chi connectivity index (χ4n) is 0.926. The van der Waals surface area contributed by atoms with E-state index in [1.165, 1.54) is 18.3 Å². The van der Waals surface area contributed by atoms with Gasteiger partial charge < -0.3 is 15.5 Å². The molecule has 0 aromatic carbocycles. The number of amides is 1. The maximum absolute atomic E-state index is 13.0. The summed E-state index contributed by atoms with van der Waals surface area (Å²) in [5, 5.41) is 19.7. The Bertz CT molecular complexity index is 346. The standard InChI is InChI=1S/C9H11FN2O3/c10-8-7(2-1-3-11-8)9(15)12-4-6(14)5-13/h1-3,6,13-14H,4-5H2,(H,12,15). The van der Waals surface area contributed by atoms with E-state index in [2.05, 4.69) is 10.3 Å². The molecule has 5 nitrogen and oxygen atoms in total. The van der Waals surface area contributed by atoms with Crippen molar-refractivity contribution in [2.75, 3.05) is 13.2 Å². The molecular weight excluding hydrogens is 203 g/mol. The first kappa shape index (κ1) is 11.5. The molecule has 1 unspecified atom stereocenters. The van der Waals surface area contributed by atoms with Gasteiger partial charge in [0.1, 0.15) is 0 Å². The molecule has 0 aliphatic carbocycles. The summed E-state index contributed by atoms with van der Waals surface area (Å²) in [4.78, 5) is 14.6. The SMILES string of the molecule is O=C(NCC(O)CO)c1cccnc1F. The van der Waals surface area contributed by atoms with Crippen LogP contribution in [0, 0.1) is 5.95 Å². The predicted octanol–water partition coefficient (Wildman–Crippen LogP) is -0.696. The second kappa shape index (κ2) is 5.38. The highest BCUT2D eigenvalue weighted by Crippen LogP contribution is 2.02. The van der Waals surface area contributed by atoms with E-state index in [0.717, 1.165) is 0 Å². The summed E-state index contributed by atoms with van der Waals surface area (Å²) >= 11 is 0. The van der Waals surface area contributed by atoms with Gasteiger partial charge in [-0.05, 0) is 12.1 Å². The maximum Gasteiger partial charge on any atom is 0.256 e. The quantitative estimate of drug-likeness (QED) is 0.579. The Hall–Kier alpha value is -1.53. The molecular formula is C9H11FN2O3. The number of carbonyl (C=O) groups is 1. The highest BCUT2D eigenvalue weighted by molar-refractivity contribution is 5.94. The third kappa shape index (κ3) is 3.26. The summed E-state index contributed by atoms with van der Waals surface area (Å²) < 4.78 is 13.0. The van der Waals surface area contributed by atoms with Crippen molar-refractivity contribution in [3.05, 3.63) is 29.8 Å². The third-order valence-corrected chi connectivity index (χ3v) is 1.71. The molecule has 6 heteroatoms. The minimum absolute atomic E-state index is 0.135. The zero-order valence-electron chi connectivity index (χ0n) is 7.85. The average Bonchev–Trinajstić information content (AvgIpc) is 2.26. The van der Waals surface area contributed by atoms with Crippen LogP contribution in [0.2, 0.25) is 0 Å². The zero-order valence-corrected chi connectivity index (χ0v) is 7.85. The number of nitrogens with one attached hydrogen (secondary N) is 1. The lowest BCUT2D eigenvalue weighted by atomic mass is 10.2. The minimum atomic E-state index is -1.05. The Balaban J connectivity index is 2.58. The number of hydrogen-bond acceptors (Lipinski definition) is 4. The van der Waals surface area contributed by atoms with Crippen LogP contribution in [-0.2, 0) is 0 Å². The Morgan fingerprint density at radius 1 is 1.67 bits per heavy atom. The molecule has 82 valence electrons. The van der Waals surface area contributed by atoms with E-state index in [9.17, 15) is 9.18 Å². The molecule has 0 aliphatic heterocycles. The number of carbonyl (C=O) groups excluding carboxylic acids is 1. The van der Waals surface area contributed by atoms with Crippen LogP contribution in [0.1, 0.15) is 10.4 Å². The predicted molar refractivity (Wildman–Crippen MR) is 49.6 cm³/mol. The lowest BCUT2D eigenvalue weighted by Crippen LogP contribution is -2.34. The third-order valence-electron chi connectivity index (χ3n) is 1.71. The molecule has 0 aliphatic rings. The Kier molecular flexibility index (Phi) is 4.14. The van der Waals surface area contributed by atoms with Gasteiger partial charge in [-0.25, -0.2) is 4.98 Å². The van der Waals surface area contributed by atoms with E-state index in [1.807, 2.05) is 0 Å². The highest BCUT2D eigenvalue weighted by atomic mass is 19.1. The van der Waals surface area contributed by atoms with E-state index in [1.54, 1.807) is 0 Å². The van der Waals surface area contributed by atoms with Gasteiger partial charge in [-0.15, -0.1) is 0 Å². The van der Waals surface area contributed by atoms with Gasteiger partial charge in [0.2, 0.25) is 5.95 Å². The first-order chi connectivity index (χ1) is 7.15. The number of aliphatic hydroxyl groups excluding tert-OH is 2. The van der Waals surface area contributed by atoms with Gasteiger partial charge in [0.25, 0.3) is 5.91 Å². The lowest BCUT2D eigenvalue weighted by molar-refractivity contribution is 0.0799. The zero-order chi connectivity index (χ0) is 11.3. The Morgan fingerprint density at radius 3 is 3.00 bits per heavy atom.